The van der Waals surface area contributed by atoms with Crippen LogP contribution in [0.15, 0.2) is 12.2 Å². The monoisotopic (exact) mass is 735 g/mol. The highest BCUT2D eigenvalue weighted by atomic mass is 16.6. The molecule has 0 aliphatic carbocycles. The van der Waals surface area contributed by atoms with Crippen molar-refractivity contribution in [2.75, 3.05) is 13.2 Å². The van der Waals surface area contributed by atoms with Gasteiger partial charge in [0.15, 0.2) is 6.10 Å². The molecule has 0 rings (SSSR count). The average Bonchev–Trinajstić information content (AvgIpc) is 3.15. The van der Waals surface area contributed by atoms with Crippen LogP contribution >= 0.6 is 0 Å². The molecule has 0 radical (unpaired) electrons. The maximum absolute atomic E-state index is 12.2. The van der Waals surface area contributed by atoms with Crippen LogP contribution < -0.4 is 0 Å². The molecule has 5 heteroatoms. The van der Waals surface area contributed by atoms with Crippen LogP contribution in [0.4, 0.5) is 0 Å². The molecule has 1 N–H and O–H groups in total. The van der Waals surface area contributed by atoms with Crippen molar-refractivity contribution in [3.63, 3.8) is 0 Å². The van der Waals surface area contributed by atoms with Crippen molar-refractivity contribution in [1.82, 2.24) is 0 Å². The molecule has 0 saturated heterocycles. The Bertz CT molecular complexity index is 750. The topological polar surface area (TPSA) is 72.8 Å². The minimum absolute atomic E-state index is 0.0594. The van der Waals surface area contributed by atoms with Gasteiger partial charge in [0.1, 0.15) is 6.61 Å². The summed E-state index contributed by atoms with van der Waals surface area (Å²) in [5.41, 5.74) is 0. The number of rotatable bonds is 43. The van der Waals surface area contributed by atoms with Gasteiger partial charge in [-0.3, -0.25) is 9.59 Å². The van der Waals surface area contributed by atoms with E-state index in [0.717, 1.165) is 38.5 Å². The number of aliphatic hydroxyl groups excluding tert-OH is 1. The smallest absolute Gasteiger partial charge is 0.306 e. The molecule has 0 aromatic heterocycles. The molecule has 308 valence electrons. The Morgan fingerprint density at radius 1 is 0.423 bits per heavy atom. The third kappa shape index (κ3) is 41.4. The van der Waals surface area contributed by atoms with Crippen LogP contribution in [-0.2, 0) is 19.1 Å². The van der Waals surface area contributed by atoms with Gasteiger partial charge in [-0.25, -0.2) is 0 Å². The number of ether oxygens (including phenoxy) is 2. The van der Waals surface area contributed by atoms with E-state index in [4.69, 9.17) is 9.47 Å². The first-order valence-electron chi connectivity index (χ1n) is 23.2. The van der Waals surface area contributed by atoms with Gasteiger partial charge in [0.2, 0.25) is 0 Å². The summed E-state index contributed by atoms with van der Waals surface area (Å²) in [7, 11) is 0. The summed E-state index contributed by atoms with van der Waals surface area (Å²) >= 11 is 0. The van der Waals surface area contributed by atoms with Gasteiger partial charge in [-0.15, -0.1) is 0 Å². The van der Waals surface area contributed by atoms with Crippen LogP contribution in [0.2, 0.25) is 0 Å². The van der Waals surface area contributed by atoms with E-state index in [1.54, 1.807) is 0 Å². The Morgan fingerprint density at radius 3 is 1.04 bits per heavy atom. The largest absolute Gasteiger partial charge is 0.462 e. The number of aliphatic hydroxyl groups is 1. The number of allylic oxidation sites excluding steroid dienone is 2. The fourth-order valence-electron chi connectivity index (χ4n) is 7.02. The SMILES string of the molecule is CCCCCCCC/C=C\CCCCCCCCCCCCCC(=O)OC[C@H](CO)OC(=O)CCCCCCCCCCCCCCCCCCC. The van der Waals surface area contributed by atoms with E-state index in [2.05, 4.69) is 26.0 Å². The van der Waals surface area contributed by atoms with Crippen molar-refractivity contribution >= 4 is 11.9 Å². The quantitative estimate of drug-likeness (QED) is 0.0383. The van der Waals surface area contributed by atoms with Crippen molar-refractivity contribution in [2.24, 2.45) is 0 Å². The summed E-state index contributed by atoms with van der Waals surface area (Å²) in [6, 6.07) is 0. The number of carbonyl (C=O) groups is 2. The lowest BCUT2D eigenvalue weighted by molar-refractivity contribution is -0.161. The summed E-state index contributed by atoms with van der Waals surface area (Å²) in [5, 5.41) is 9.59. The van der Waals surface area contributed by atoms with Crippen molar-refractivity contribution in [1.29, 1.82) is 0 Å². The van der Waals surface area contributed by atoms with Crippen LogP contribution in [0.1, 0.15) is 258 Å². The fourth-order valence-corrected chi connectivity index (χ4v) is 7.02. The number of esters is 2. The number of hydrogen-bond acceptors (Lipinski definition) is 5. The van der Waals surface area contributed by atoms with Crippen molar-refractivity contribution in [3.05, 3.63) is 12.2 Å². The van der Waals surface area contributed by atoms with Gasteiger partial charge >= 0.3 is 11.9 Å². The summed E-state index contributed by atoms with van der Waals surface area (Å²) in [4.78, 5) is 24.4. The van der Waals surface area contributed by atoms with Gasteiger partial charge in [0, 0.05) is 12.8 Å². The molecule has 0 aliphatic rings. The van der Waals surface area contributed by atoms with E-state index < -0.39 is 6.10 Å². The molecule has 0 fully saturated rings. The first-order valence-corrected chi connectivity index (χ1v) is 23.2. The molecule has 0 saturated carbocycles. The Balaban J connectivity index is 3.46. The summed E-state index contributed by atoms with van der Waals surface area (Å²) in [6.07, 6.45) is 51.5. The Kier molecular flexibility index (Phi) is 42.9. The standard InChI is InChI=1S/C47H90O5/c1-3-5-7-9-11-13-15-17-19-21-22-23-24-26-27-29-31-33-35-37-39-41-46(49)51-44-45(43-48)52-47(50)42-40-38-36-34-32-30-28-25-20-18-16-14-12-10-8-6-4-2/h17,19,45,48H,3-16,18,20-44H2,1-2H3/b19-17-/t45-/m0/s1. The van der Waals surface area contributed by atoms with Crippen LogP contribution in [0.25, 0.3) is 0 Å². The van der Waals surface area contributed by atoms with E-state index in [-0.39, 0.29) is 25.2 Å². The molecule has 0 bridgehead atoms. The van der Waals surface area contributed by atoms with Crippen LogP contribution in [0.3, 0.4) is 0 Å². The summed E-state index contributed by atoms with van der Waals surface area (Å²) in [5.74, 6) is -0.575. The summed E-state index contributed by atoms with van der Waals surface area (Å²) in [6.45, 7) is 4.17. The normalized spacial score (nSPS) is 12.1. The highest BCUT2D eigenvalue weighted by molar-refractivity contribution is 5.70. The average molecular weight is 735 g/mol. The van der Waals surface area contributed by atoms with Gasteiger partial charge < -0.3 is 14.6 Å². The van der Waals surface area contributed by atoms with Crippen molar-refractivity contribution < 1.29 is 24.2 Å². The van der Waals surface area contributed by atoms with Crippen molar-refractivity contribution in [2.45, 2.75) is 264 Å². The van der Waals surface area contributed by atoms with Crippen LogP contribution in [-0.4, -0.2) is 36.4 Å². The zero-order valence-corrected chi connectivity index (χ0v) is 35.1. The van der Waals surface area contributed by atoms with Gasteiger partial charge in [-0.1, -0.05) is 219 Å². The Morgan fingerprint density at radius 2 is 0.712 bits per heavy atom. The third-order valence-electron chi connectivity index (χ3n) is 10.6. The summed E-state index contributed by atoms with van der Waals surface area (Å²) < 4.78 is 10.7. The molecular formula is C47H90O5. The maximum Gasteiger partial charge on any atom is 0.306 e. The fraction of sp³-hybridized carbons (Fsp3) is 0.915. The first-order chi connectivity index (χ1) is 25.6. The molecule has 0 aromatic rings. The molecule has 0 unspecified atom stereocenters. The molecule has 0 aromatic carbocycles. The molecule has 0 amide bonds. The Hall–Kier alpha value is -1.36. The van der Waals surface area contributed by atoms with E-state index in [1.165, 1.54) is 193 Å². The van der Waals surface area contributed by atoms with Gasteiger partial charge in [0.25, 0.3) is 0 Å². The first kappa shape index (κ1) is 50.6. The lowest BCUT2D eigenvalue weighted by atomic mass is 10.0. The molecule has 52 heavy (non-hydrogen) atoms. The minimum Gasteiger partial charge on any atom is -0.462 e. The molecule has 5 nitrogen and oxygen atoms in total. The molecule has 0 spiro atoms. The van der Waals surface area contributed by atoms with E-state index in [1.807, 2.05) is 0 Å². The zero-order chi connectivity index (χ0) is 37.8. The lowest BCUT2D eigenvalue weighted by Gasteiger charge is -2.15. The number of unbranched alkanes of at least 4 members (excludes halogenated alkanes) is 33. The van der Waals surface area contributed by atoms with Crippen LogP contribution in [0.5, 0.6) is 0 Å². The van der Waals surface area contributed by atoms with Gasteiger partial charge in [-0.2, -0.15) is 0 Å². The second-order valence-corrected chi connectivity index (χ2v) is 15.8. The molecular weight excluding hydrogens is 645 g/mol. The molecule has 0 aliphatic heterocycles. The number of hydrogen-bond donors (Lipinski definition) is 1. The second kappa shape index (κ2) is 44.0. The zero-order valence-electron chi connectivity index (χ0n) is 35.1. The maximum atomic E-state index is 12.2. The number of carbonyl (C=O) groups excluding carboxylic acids is 2. The van der Waals surface area contributed by atoms with Gasteiger partial charge in [-0.05, 0) is 38.5 Å². The molecule has 0 heterocycles. The van der Waals surface area contributed by atoms with Gasteiger partial charge in [0.05, 0.1) is 6.61 Å². The third-order valence-corrected chi connectivity index (χ3v) is 10.6. The van der Waals surface area contributed by atoms with E-state index >= 15 is 0 Å². The van der Waals surface area contributed by atoms with Crippen molar-refractivity contribution in [3.8, 4) is 0 Å². The minimum atomic E-state index is -0.765. The van der Waals surface area contributed by atoms with E-state index in [9.17, 15) is 14.7 Å². The lowest BCUT2D eigenvalue weighted by Crippen LogP contribution is -2.28. The van der Waals surface area contributed by atoms with Crippen LogP contribution in [0, 0.1) is 0 Å². The highest BCUT2D eigenvalue weighted by Crippen LogP contribution is 2.16. The predicted octanol–water partition coefficient (Wildman–Crippen LogP) is 14.9. The van der Waals surface area contributed by atoms with E-state index in [0.29, 0.717) is 12.8 Å². The Labute approximate surface area is 324 Å². The highest BCUT2D eigenvalue weighted by Gasteiger charge is 2.16. The second-order valence-electron chi connectivity index (χ2n) is 15.8. The molecule has 1 atom stereocenters. The predicted molar refractivity (Wildman–Crippen MR) is 224 cm³/mol.